The second-order valence-corrected chi connectivity index (χ2v) is 11.9. The third-order valence-electron chi connectivity index (χ3n) is 9.24. The average molecular weight is 584 g/mol. The zero-order valence-electron chi connectivity index (χ0n) is 25.2. The molecule has 0 N–H and O–H groups in total. The first-order valence-electron chi connectivity index (χ1n) is 15.8. The SMILES string of the molecule is c1ccc(-c2ccc(-c3cccc(-c4cccc(-c5ccc6c7c(cccc57)-c5ccccc5-6)c4)c3)c(-c3ccccc3)n2)cc1. The largest absolute Gasteiger partial charge is 0.247 e. The van der Waals surface area contributed by atoms with Gasteiger partial charge in [-0.05, 0) is 79.0 Å². The standard InChI is InChI=1S/C45H29N/c1-3-12-30(13-4-1)43-27-26-37(45(46-43)31-14-5-2-6-15-31)35-19-10-17-33(29-35)32-16-9-18-34(28-32)36-24-25-42-39-21-8-7-20-38(39)41-23-11-22-40(36)44(41)42/h1-29H. The summed E-state index contributed by atoms with van der Waals surface area (Å²) in [6, 6.07) is 63.2. The van der Waals surface area contributed by atoms with Gasteiger partial charge < -0.3 is 0 Å². The quantitative estimate of drug-likeness (QED) is 0.196. The third-order valence-corrected chi connectivity index (χ3v) is 9.24. The normalized spacial score (nSPS) is 11.5. The predicted molar refractivity (Wildman–Crippen MR) is 193 cm³/mol. The van der Waals surface area contributed by atoms with Gasteiger partial charge in [-0.25, -0.2) is 4.98 Å². The maximum absolute atomic E-state index is 5.21. The third kappa shape index (κ3) is 4.37. The minimum Gasteiger partial charge on any atom is -0.247 e. The molecule has 1 aromatic heterocycles. The number of nitrogens with zero attached hydrogens (tertiary/aromatic N) is 1. The minimum absolute atomic E-state index is 0.973. The summed E-state index contributed by atoms with van der Waals surface area (Å²) >= 11 is 0. The van der Waals surface area contributed by atoms with Crippen LogP contribution in [0.5, 0.6) is 0 Å². The highest BCUT2D eigenvalue weighted by Gasteiger charge is 2.22. The summed E-state index contributed by atoms with van der Waals surface area (Å²) in [7, 11) is 0. The number of benzene rings is 7. The lowest BCUT2D eigenvalue weighted by molar-refractivity contribution is 1.32. The van der Waals surface area contributed by atoms with Crippen molar-refractivity contribution in [2.24, 2.45) is 0 Å². The van der Waals surface area contributed by atoms with E-state index in [4.69, 9.17) is 4.98 Å². The second-order valence-electron chi connectivity index (χ2n) is 11.9. The van der Waals surface area contributed by atoms with E-state index in [1.807, 2.05) is 6.07 Å². The van der Waals surface area contributed by atoms with Crippen LogP contribution in [0.25, 0.3) is 88.9 Å². The van der Waals surface area contributed by atoms with E-state index in [1.165, 1.54) is 55.3 Å². The van der Waals surface area contributed by atoms with Crippen molar-refractivity contribution >= 4 is 10.8 Å². The molecule has 1 nitrogen and oxygen atoms in total. The van der Waals surface area contributed by atoms with Crippen LogP contribution in [0, 0.1) is 0 Å². The van der Waals surface area contributed by atoms with Gasteiger partial charge in [0.1, 0.15) is 0 Å². The Balaban J connectivity index is 1.14. The molecule has 0 fully saturated rings. The highest BCUT2D eigenvalue weighted by atomic mass is 14.7. The van der Waals surface area contributed by atoms with Crippen LogP contribution in [-0.4, -0.2) is 4.98 Å². The zero-order valence-corrected chi connectivity index (χ0v) is 25.2. The number of aromatic nitrogens is 1. The van der Waals surface area contributed by atoms with Crippen LogP contribution in [0.2, 0.25) is 0 Å². The van der Waals surface area contributed by atoms with Gasteiger partial charge in [0, 0.05) is 16.7 Å². The van der Waals surface area contributed by atoms with Crippen molar-refractivity contribution in [1.82, 2.24) is 4.98 Å². The molecular formula is C45H29N. The molecule has 0 atom stereocenters. The first-order valence-corrected chi connectivity index (χ1v) is 15.8. The minimum atomic E-state index is 0.973. The highest BCUT2D eigenvalue weighted by molar-refractivity contribution is 6.18. The molecule has 1 aliphatic rings. The molecule has 46 heavy (non-hydrogen) atoms. The molecule has 1 heteroatoms. The molecule has 0 bridgehead atoms. The van der Waals surface area contributed by atoms with Gasteiger partial charge in [-0.1, -0.05) is 158 Å². The fourth-order valence-electron chi connectivity index (χ4n) is 7.07. The molecular weight excluding hydrogens is 555 g/mol. The summed E-state index contributed by atoms with van der Waals surface area (Å²) in [6.45, 7) is 0. The molecule has 0 unspecified atom stereocenters. The van der Waals surface area contributed by atoms with E-state index >= 15 is 0 Å². The van der Waals surface area contributed by atoms with Crippen LogP contribution < -0.4 is 0 Å². The fraction of sp³-hybridized carbons (Fsp3) is 0. The van der Waals surface area contributed by atoms with Crippen molar-refractivity contribution in [1.29, 1.82) is 0 Å². The van der Waals surface area contributed by atoms with Crippen LogP contribution in [0.4, 0.5) is 0 Å². The fourth-order valence-corrected chi connectivity index (χ4v) is 7.07. The van der Waals surface area contributed by atoms with Crippen LogP contribution >= 0.6 is 0 Å². The van der Waals surface area contributed by atoms with Gasteiger partial charge in [-0.15, -0.1) is 0 Å². The van der Waals surface area contributed by atoms with E-state index in [-0.39, 0.29) is 0 Å². The molecule has 0 aliphatic heterocycles. The summed E-state index contributed by atoms with van der Waals surface area (Å²) in [5, 5.41) is 2.66. The summed E-state index contributed by atoms with van der Waals surface area (Å²) in [5.74, 6) is 0. The van der Waals surface area contributed by atoms with Crippen molar-refractivity contribution in [2.75, 3.05) is 0 Å². The monoisotopic (exact) mass is 583 g/mol. The first-order chi connectivity index (χ1) is 22.8. The van der Waals surface area contributed by atoms with E-state index in [0.717, 1.165) is 33.6 Å². The Hall–Kier alpha value is -6.05. The number of hydrogen-bond acceptors (Lipinski definition) is 1. The van der Waals surface area contributed by atoms with Crippen molar-refractivity contribution in [3.63, 3.8) is 0 Å². The van der Waals surface area contributed by atoms with E-state index in [0.29, 0.717) is 0 Å². The van der Waals surface area contributed by atoms with Gasteiger partial charge in [0.05, 0.1) is 11.4 Å². The second kappa shape index (κ2) is 10.8. The molecule has 0 saturated heterocycles. The summed E-state index contributed by atoms with van der Waals surface area (Å²) in [6.07, 6.45) is 0. The van der Waals surface area contributed by atoms with E-state index in [9.17, 15) is 0 Å². The summed E-state index contributed by atoms with van der Waals surface area (Å²) in [4.78, 5) is 5.21. The van der Waals surface area contributed by atoms with E-state index < -0.39 is 0 Å². The number of rotatable bonds is 5. The molecule has 0 radical (unpaired) electrons. The van der Waals surface area contributed by atoms with Crippen LogP contribution in [0.15, 0.2) is 176 Å². The molecule has 9 rings (SSSR count). The first kappa shape index (κ1) is 26.4. The molecule has 7 aromatic carbocycles. The van der Waals surface area contributed by atoms with Crippen molar-refractivity contribution in [2.45, 2.75) is 0 Å². The maximum atomic E-state index is 5.21. The Labute approximate surface area is 269 Å². The van der Waals surface area contributed by atoms with E-state index in [2.05, 4.69) is 170 Å². The van der Waals surface area contributed by atoms with Gasteiger partial charge >= 0.3 is 0 Å². The summed E-state index contributed by atoms with van der Waals surface area (Å²) in [5.41, 5.74) is 16.6. The summed E-state index contributed by atoms with van der Waals surface area (Å²) < 4.78 is 0. The lowest BCUT2D eigenvalue weighted by Gasteiger charge is -2.14. The van der Waals surface area contributed by atoms with Crippen LogP contribution in [0.1, 0.15) is 0 Å². The Kier molecular flexibility index (Phi) is 6.21. The topological polar surface area (TPSA) is 12.9 Å². The number of hydrogen-bond donors (Lipinski definition) is 0. The Morgan fingerprint density at radius 2 is 0.761 bits per heavy atom. The average Bonchev–Trinajstić information content (AvgIpc) is 3.47. The Bertz CT molecular complexity index is 2370. The smallest absolute Gasteiger partial charge is 0.0787 e. The molecule has 1 heterocycles. The molecule has 0 saturated carbocycles. The maximum Gasteiger partial charge on any atom is 0.0787 e. The Morgan fingerprint density at radius 3 is 1.46 bits per heavy atom. The highest BCUT2D eigenvalue weighted by Crippen LogP contribution is 2.49. The van der Waals surface area contributed by atoms with Crippen LogP contribution in [0.3, 0.4) is 0 Å². The lowest BCUT2D eigenvalue weighted by Crippen LogP contribution is -1.93. The molecule has 0 amide bonds. The molecule has 8 aromatic rings. The van der Waals surface area contributed by atoms with Crippen molar-refractivity contribution in [3.05, 3.63) is 176 Å². The number of pyridine rings is 1. The molecule has 1 aliphatic carbocycles. The molecule has 214 valence electrons. The number of fused-ring (bicyclic) bond motifs is 3. The zero-order chi connectivity index (χ0) is 30.5. The van der Waals surface area contributed by atoms with Crippen LogP contribution in [-0.2, 0) is 0 Å². The van der Waals surface area contributed by atoms with Gasteiger partial charge in [-0.2, -0.15) is 0 Å². The predicted octanol–water partition coefficient (Wildman–Crippen LogP) is 12.2. The Morgan fingerprint density at radius 1 is 0.283 bits per heavy atom. The lowest BCUT2D eigenvalue weighted by atomic mass is 9.91. The van der Waals surface area contributed by atoms with E-state index in [1.54, 1.807) is 0 Å². The van der Waals surface area contributed by atoms with Gasteiger partial charge in [-0.3, -0.25) is 0 Å². The van der Waals surface area contributed by atoms with Crippen molar-refractivity contribution in [3.8, 4) is 78.1 Å². The van der Waals surface area contributed by atoms with Gasteiger partial charge in [0.25, 0.3) is 0 Å². The van der Waals surface area contributed by atoms with Gasteiger partial charge in [0.2, 0.25) is 0 Å². The van der Waals surface area contributed by atoms with Crippen molar-refractivity contribution < 1.29 is 0 Å². The molecule has 0 spiro atoms. The van der Waals surface area contributed by atoms with Gasteiger partial charge in [0.15, 0.2) is 0 Å².